The number of thioether (sulfide) groups is 1. The van der Waals surface area contributed by atoms with Gasteiger partial charge in [-0.05, 0) is 57.6 Å². The third-order valence-electron chi connectivity index (χ3n) is 7.06. The average Bonchev–Trinajstić information content (AvgIpc) is 3.19. The van der Waals surface area contributed by atoms with Gasteiger partial charge in [-0.3, -0.25) is 28.6 Å². The maximum atomic E-state index is 13.4. The Hall–Kier alpha value is -3.17. The Morgan fingerprint density at radius 1 is 1.23 bits per heavy atom. The van der Waals surface area contributed by atoms with Crippen molar-refractivity contribution in [2.45, 2.75) is 72.3 Å². The quantitative estimate of drug-likeness (QED) is 0.165. The number of carboxylic acids is 1. The molecule has 0 aromatic carbocycles. The summed E-state index contributed by atoms with van der Waals surface area (Å²) in [6, 6.07) is 2.05. The maximum Gasteiger partial charge on any atom is 0.310 e. The smallest absolute Gasteiger partial charge is 0.310 e. The molecule has 0 radical (unpaired) electrons. The molecule has 2 aliphatic rings. The predicted octanol–water partition coefficient (Wildman–Crippen LogP) is 4.06. The van der Waals surface area contributed by atoms with Gasteiger partial charge in [-0.15, -0.1) is 0 Å². The first-order valence-corrected chi connectivity index (χ1v) is 14.9. The molecule has 2 aliphatic heterocycles. The van der Waals surface area contributed by atoms with Crippen LogP contribution in [0.4, 0.5) is 5.82 Å². The Bertz CT molecular complexity index is 1300. The second-order valence-corrected chi connectivity index (χ2v) is 11.6. The van der Waals surface area contributed by atoms with Crippen LogP contribution < -0.4 is 10.5 Å². The Morgan fingerprint density at radius 2 is 1.98 bits per heavy atom. The van der Waals surface area contributed by atoms with Crippen molar-refractivity contribution in [3.63, 3.8) is 0 Å². The summed E-state index contributed by atoms with van der Waals surface area (Å²) in [5.41, 5.74) is 0.709. The van der Waals surface area contributed by atoms with Gasteiger partial charge in [0.25, 0.3) is 11.5 Å². The number of rotatable bonds is 12. The molecule has 1 amide bonds. The van der Waals surface area contributed by atoms with E-state index in [0.717, 1.165) is 6.42 Å². The number of piperidine rings is 1. The lowest BCUT2D eigenvalue weighted by Gasteiger charge is -2.36. The fraction of sp³-hybridized carbons (Fsp3) is 0.571. The van der Waals surface area contributed by atoms with Gasteiger partial charge in [-0.2, -0.15) is 5.26 Å². The van der Waals surface area contributed by atoms with E-state index in [9.17, 15) is 24.4 Å². The molecule has 1 atom stereocenters. The molecule has 0 spiro atoms. The topological polar surface area (TPSA) is 133 Å². The molecule has 1 aromatic heterocycles. The molecule has 10 nitrogen and oxygen atoms in total. The number of nitriles is 1. The molecule has 0 bridgehead atoms. The SMILES string of the molecule is CCCn1c(N2CCCC(C(=O)OCC)C2)c(C=C2SC(=S)N(CCCCCC(=O)O)C2=O)c(C)c(C#N)c1=O. The molecule has 1 aromatic rings. The second kappa shape index (κ2) is 14.5. The normalized spacial score (nSPS) is 18.4. The van der Waals surface area contributed by atoms with Crippen molar-refractivity contribution in [1.29, 1.82) is 5.26 Å². The van der Waals surface area contributed by atoms with Crippen LogP contribution in [0.2, 0.25) is 0 Å². The predicted molar refractivity (Wildman–Crippen MR) is 158 cm³/mol. The van der Waals surface area contributed by atoms with E-state index in [-0.39, 0.29) is 35.3 Å². The number of pyridine rings is 1. The summed E-state index contributed by atoms with van der Waals surface area (Å²) in [5.74, 6) is -1.12. The van der Waals surface area contributed by atoms with E-state index in [2.05, 4.69) is 6.07 Å². The van der Waals surface area contributed by atoms with Crippen molar-refractivity contribution in [2.75, 3.05) is 31.1 Å². The molecule has 12 heteroatoms. The van der Waals surface area contributed by atoms with Gasteiger partial charge in [-0.25, -0.2) is 0 Å². The number of carbonyl (C=O) groups excluding carboxylic acids is 2. The van der Waals surface area contributed by atoms with Crippen molar-refractivity contribution in [3.05, 3.63) is 31.9 Å². The number of ether oxygens (including phenoxy) is 1. The van der Waals surface area contributed by atoms with Crippen LogP contribution in [0.25, 0.3) is 6.08 Å². The molecular formula is C28H36N4O6S2. The number of hydrogen-bond acceptors (Lipinski definition) is 9. The number of hydrogen-bond donors (Lipinski definition) is 1. The fourth-order valence-corrected chi connectivity index (χ4v) is 6.38. The summed E-state index contributed by atoms with van der Waals surface area (Å²) in [4.78, 5) is 54.1. The Labute approximate surface area is 244 Å². The van der Waals surface area contributed by atoms with E-state index in [1.807, 2.05) is 11.8 Å². The number of aromatic nitrogens is 1. The van der Waals surface area contributed by atoms with E-state index in [1.165, 1.54) is 16.7 Å². The van der Waals surface area contributed by atoms with Gasteiger partial charge in [0.05, 0.1) is 17.4 Å². The highest BCUT2D eigenvalue weighted by atomic mass is 32.2. The molecule has 2 saturated heterocycles. The maximum absolute atomic E-state index is 13.4. The number of aliphatic carboxylic acids is 1. The number of esters is 1. The number of amides is 1. The van der Waals surface area contributed by atoms with E-state index >= 15 is 0 Å². The lowest BCUT2D eigenvalue weighted by atomic mass is 9.96. The van der Waals surface area contributed by atoms with Crippen LogP contribution in [0.5, 0.6) is 0 Å². The van der Waals surface area contributed by atoms with Crippen LogP contribution in [0.15, 0.2) is 9.70 Å². The van der Waals surface area contributed by atoms with Crippen molar-refractivity contribution in [2.24, 2.45) is 5.92 Å². The molecule has 0 aliphatic carbocycles. The van der Waals surface area contributed by atoms with Crippen molar-refractivity contribution >= 4 is 58.0 Å². The van der Waals surface area contributed by atoms with Crippen LogP contribution in [-0.4, -0.2) is 63.0 Å². The number of thiocarbonyl (C=S) groups is 1. The third-order valence-corrected chi connectivity index (χ3v) is 8.43. The van der Waals surface area contributed by atoms with E-state index < -0.39 is 5.97 Å². The molecule has 40 heavy (non-hydrogen) atoms. The molecular weight excluding hydrogens is 552 g/mol. The van der Waals surface area contributed by atoms with E-state index in [1.54, 1.807) is 24.5 Å². The molecule has 0 saturated carbocycles. The Kier molecular flexibility index (Phi) is 11.3. The zero-order valence-corrected chi connectivity index (χ0v) is 24.9. The summed E-state index contributed by atoms with van der Waals surface area (Å²) in [6.07, 6.45) is 5.68. The number of unbranched alkanes of at least 4 members (excludes halogenated alkanes) is 2. The summed E-state index contributed by atoms with van der Waals surface area (Å²) >= 11 is 6.66. The zero-order valence-electron chi connectivity index (χ0n) is 23.2. The number of anilines is 1. The van der Waals surface area contributed by atoms with Crippen molar-refractivity contribution < 1.29 is 24.2 Å². The zero-order chi connectivity index (χ0) is 29.4. The van der Waals surface area contributed by atoms with Gasteiger partial charge in [0.1, 0.15) is 21.8 Å². The highest BCUT2D eigenvalue weighted by Crippen LogP contribution is 2.37. The number of carboxylic acid groups (broad SMARTS) is 1. The van der Waals surface area contributed by atoms with Crippen LogP contribution in [0.1, 0.15) is 75.5 Å². The Balaban J connectivity index is 2.02. The minimum atomic E-state index is -0.844. The minimum absolute atomic E-state index is 0.0244. The first-order valence-electron chi connectivity index (χ1n) is 13.7. The van der Waals surface area contributed by atoms with Crippen LogP contribution in [-0.2, 0) is 25.7 Å². The molecule has 1 unspecified atom stereocenters. The average molecular weight is 589 g/mol. The molecule has 2 fully saturated rings. The highest BCUT2D eigenvalue weighted by Gasteiger charge is 2.34. The largest absolute Gasteiger partial charge is 0.481 e. The van der Waals surface area contributed by atoms with Gasteiger partial charge in [-0.1, -0.05) is 37.3 Å². The molecule has 1 N–H and O–H groups in total. The summed E-state index contributed by atoms with van der Waals surface area (Å²) in [7, 11) is 0. The van der Waals surface area contributed by atoms with Crippen LogP contribution in [0.3, 0.4) is 0 Å². The molecule has 3 heterocycles. The monoisotopic (exact) mass is 588 g/mol. The van der Waals surface area contributed by atoms with E-state index in [0.29, 0.717) is 91.1 Å². The number of nitrogens with zero attached hydrogens (tertiary/aromatic N) is 4. The number of carbonyl (C=O) groups is 3. The summed E-state index contributed by atoms with van der Waals surface area (Å²) < 4.78 is 7.28. The third kappa shape index (κ3) is 7.12. The Morgan fingerprint density at radius 3 is 2.62 bits per heavy atom. The van der Waals surface area contributed by atoms with Gasteiger partial charge in [0.2, 0.25) is 0 Å². The van der Waals surface area contributed by atoms with Crippen LogP contribution in [0, 0.1) is 24.2 Å². The first-order chi connectivity index (χ1) is 19.1. The van der Waals surface area contributed by atoms with Gasteiger partial charge in [0, 0.05) is 38.2 Å². The lowest BCUT2D eigenvalue weighted by Crippen LogP contribution is -2.43. The minimum Gasteiger partial charge on any atom is -0.481 e. The van der Waals surface area contributed by atoms with Gasteiger partial charge < -0.3 is 14.7 Å². The van der Waals surface area contributed by atoms with Crippen molar-refractivity contribution in [3.8, 4) is 6.07 Å². The molecule has 3 rings (SSSR count). The second-order valence-electron chi connectivity index (χ2n) is 9.88. The first kappa shape index (κ1) is 31.4. The summed E-state index contributed by atoms with van der Waals surface area (Å²) in [6.45, 7) is 7.46. The van der Waals surface area contributed by atoms with Gasteiger partial charge >= 0.3 is 11.9 Å². The highest BCUT2D eigenvalue weighted by molar-refractivity contribution is 8.26. The standard InChI is InChI=1S/C28H36N4O6S2/c1-4-12-31-24(30-13-9-10-19(17-30)27(37)38-5-2)20(18(3)21(16-29)25(31)35)15-22-26(36)32(28(39)40-22)14-8-6-7-11-23(33)34/h15,19H,4-14,17H2,1-3H3,(H,33,34). The molecule has 216 valence electrons. The lowest BCUT2D eigenvalue weighted by molar-refractivity contribution is -0.148. The van der Waals surface area contributed by atoms with Crippen LogP contribution >= 0.6 is 24.0 Å². The van der Waals surface area contributed by atoms with Gasteiger partial charge in [0.15, 0.2) is 0 Å². The van der Waals surface area contributed by atoms with Crippen molar-refractivity contribution in [1.82, 2.24) is 9.47 Å². The summed E-state index contributed by atoms with van der Waals surface area (Å²) in [5, 5.41) is 18.7. The van der Waals surface area contributed by atoms with E-state index in [4.69, 9.17) is 22.1 Å². The fourth-order valence-electron chi connectivity index (χ4n) is 5.08.